The van der Waals surface area contributed by atoms with Gasteiger partial charge in [0.25, 0.3) is 0 Å². The number of rotatable bonds is 8. The minimum Gasteiger partial charge on any atom is -0.464 e. The summed E-state index contributed by atoms with van der Waals surface area (Å²) < 4.78 is 6.27. The fourth-order valence-corrected chi connectivity index (χ4v) is 2.83. The summed E-state index contributed by atoms with van der Waals surface area (Å²) in [6.07, 6.45) is 3.38. The highest BCUT2D eigenvalue weighted by Gasteiger charge is 2.38. The van der Waals surface area contributed by atoms with Crippen molar-refractivity contribution in [2.24, 2.45) is 0 Å². The normalized spacial score (nSPS) is 11.2. The van der Waals surface area contributed by atoms with E-state index >= 15 is 0 Å². The van der Waals surface area contributed by atoms with Gasteiger partial charge in [-0.3, -0.25) is 0 Å². The Balaban J connectivity index is 3.08. The first kappa shape index (κ1) is 17.0. The van der Waals surface area contributed by atoms with Gasteiger partial charge in [0, 0.05) is 10.2 Å². The molecule has 1 aromatic carbocycles. The standard InChI is InChI=1S/C16H24BrNO2/c1-4-11-16(12-5-2,15(19)20-6-3)18-14-10-8-7-9-13(14)17/h7-10,18H,4-6,11-12H2,1-3H3. The summed E-state index contributed by atoms with van der Waals surface area (Å²) in [6.45, 7) is 6.43. The van der Waals surface area contributed by atoms with E-state index in [1.54, 1.807) is 0 Å². The maximum Gasteiger partial charge on any atom is 0.331 e. The van der Waals surface area contributed by atoms with E-state index in [0.29, 0.717) is 6.61 Å². The highest BCUT2D eigenvalue weighted by Crippen LogP contribution is 2.31. The van der Waals surface area contributed by atoms with Gasteiger partial charge in [0.2, 0.25) is 0 Å². The van der Waals surface area contributed by atoms with Gasteiger partial charge in [0.15, 0.2) is 0 Å². The fraction of sp³-hybridized carbons (Fsp3) is 0.562. The van der Waals surface area contributed by atoms with Gasteiger partial charge in [-0.25, -0.2) is 4.79 Å². The molecule has 0 radical (unpaired) electrons. The van der Waals surface area contributed by atoms with Gasteiger partial charge in [0.1, 0.15) is 5.54 Å². The Labute approximate surface area is 130 Å². The Hall–Kier alpha value is -1.03. The third kappa shape index (κ3) is 4.23. The third-order valence-corrected chi connectivity index (χ3v) is 3.96. The summed E-state index contributed by atoms with van der Waals surface area (Å²) in [5, 5.41) is 3.43. The topological polar surface area (TPSA) is 38.3 Å². The molecule has 112 valence electrons. The van der Waals surface area contributed by atoms with Crippen molar-refractivity contribution in [3.63, 3.8) is 0 Å². The van der Waals surface area contributed by atoms with Crippen LogP contribution >= 0.6 is 15.9 Å². The lowest BCUT2D eigenvalue weighted by Gasteiger charge is -2.33. The molecule has 0 heterocycles. The van der Waals surface area contributed by atoms with Crippen LogP contribution in [0.25, 0.3) is 0 Å². The lowest BCUT2D eigenvalue weighted by atomic mass is 9.88. The fourth-order valence-electron chi connectivity index (χ4n) is 2.45. The van der Waals surface area contributed by atoms with E-state index < -0.39 is 5.54 Å². The number of carbonyl (C=O) groups excluding carboxylic acids is 1. The predicted octanol–water partition coefficient (Wildman–Crippen LogP) is 4.76. The van der Waals surface area contributed by atoms with E-state index in [-0.39, 0.29) is 5.97 Å². The number of ether oxygens (including phenoxy) is 1. The summed E-state index contributed by atoms with van der Waals surface area (Å²) in [5.41, 5.74) is 0.297. The van der Waals surface area contributed by atoms with Crippen molar-refractivity contribution in [1.82, 2.24) is 0 Å². The summed E-state index contributed by atoms with van der Waals surface area (Å²) >= 11 is 3.52. The highest BCUT2D eigenvalue weighted by molar-refractivity contribution is 9.10. The molecule has 0 aromatic heterocycles. The van der Waals surface area contributed by atoms with E-state index in [1.807, 2.05) is 31.2 Å². The largest absolute Gasteiger partial charge is 0.464 e. The van der Waals surface area contributed by atoms with E-state index in [2.05, 4.69) is 35.1 Å². The summed E-state index contributed by atoms with van der Waals surface area (Å²) in [4.78, 5) is 12.5. The summed E-state index contributed by atoms with van der Waals surface area (Å²) in [5.74, 6) is -0.153. The summed E-state index contributed by atoms with van der Waals surface area (Å²) in [7, 11) is 0. The Morgan fingerprint density at radius 2 is 1.80 bits per heavy atom. The zero-order valence-electron chi connectivity index (χ0n) is 12.5. The minimum absolute atomic E-state index is 0.153. The van der Waals surface area contributed by atoms with Gasteiger partial charge in [-0.15, -0.1) is 0 Å². The quantitative estimate of drug-likeness (QED) is 0.692. The molecule has 0 spiro atoms. The Morgan fingerprint density at radius 1 is 1.20 bits per heavy atom. The van der Waals surface area contributed by atoms with Crippen LogP contribution in [-0.4, -0.2) is 18.1 Å². The van der Waals surface area contributed by atoms with E-state index in [1.165, 1.54) is 0 Å². The van der Waals surface area contributed by atoms with Crippen LogP contribution in [0.3, 0.4) is 0 Å². The third-order valence-electron chi connectivity index (χ3n) is 3.27. The van der Waals surface area contributed by atoms with Gasteiger partial charge in [0.05, 0.1) is 6.61 Å². The van der Waals surface area contributed by atoms with Crippen LogP contribution in [0.5, 0.6) is 0 Å². The van der Waals surface area contributed by atoms with Crippen LogP contribution < -0.4 is 5.32 Å². The molecule has 0 unspecified atom stereocenters. The molecular weight excluding hydrogens is 318 g/mol. The molecule has 0 aliphatic rings. The molecule has 3 nitrogen and oxygen atoms in total. The monoisotopic (exact) mass is 341 g/mol. The lowest BCUT2D eigenvalue weighted by molar-refractivity contribution is -0.149. The number of esters is 1. The van der Waals surface area contributed by atoms with E-state index in [4.69, 9.17) is 4.74 Å². The maximum absolute atomic E-state index is 12.5. The van der Waals surface area contributed by atoms with E-state index in [9.17, 15) is 4.79 Å². The zero-order chi connectivity index (χ0) is 15.0. The SMILES string of the molecule is CCCC(CCC)(Nc1ccccc1Br)C(=O)OCC. The molecule has 0 fully saturated rings. The molecule has 0 amide bonds. The molecule has 0 aliphatic carbocycles. The van der Waals surface area contributed by atoms with Gasteiger partial charge >= 0.3 is 5.97 Å². The van der Waals surface area contributed by atoms with Crippen LogP contribution in [0.15, 0.2) is 28.7 Å². The van der Waals surface area contributed by atoms with Crippen LogP contribution in [0.2, 0.25) is 0 Å². The number of benzene rings is 1. The first-order chi connectivity index (χ1) is 9.59. The van der Waals surface area contributed by atoms with Crippen molar-refractivity contribution in [2.45, 2.75) is 52.0 Å². The Kier molecular flexibility index (Phi) is 7.06. The molecule has 4 heteroatoms. The first-order valence-electron chi connectivity index (χ1n) is 7.29. The molecular formula is C16H24BrNO2. The van der Waals surface area contributed by atoms with Gasteiger partial charge in [-0.05, 0) is 47.8 Å². The average molecular weight is 342 g/mol. The second kappa shape index (κ2) is 8.30. The van der Waals surface area contributed by atoms with E-state index in [0.717, 1.165) is 35.8 Å². The van der Waals surface area contributed by atoms with Crippen molar-refractivity contribution < 1.29 is 9.53 Å². The van der Waals surface area contributed by atoms with Crippen LogP contribution in [0, 0.1) is 0 Å². The number of anilines is 1. The van der Waals surface area contributed by atoms with Crippen LogP contribution in [0.4, 0.5) is 5.69 Å². The number of hydrogen-bond acceptors (Lipinski definition) is 3. The number of nitrogens with one attached hydrogen (secondary N) is 1. The van der Waals surface area contributed by atoms with Gasteiger partial charge in [-0.2, -0.15) is 0 Å². The predicted molar refractivity (Wildman–Crippen MR) is 86.9 cm³/mol. The molecule has 1 rings (SSSR count). The zero-order valence-corrected chi connectivity index (χ0v) is 14.1. The maximum atomic E-state index is 12.5. The molecule has 0 bridgehead atoms. The molecule has 1 N–H and O–H groups in total. The Bertz CT molecular complexity index is 428. The number of carbonyl (C=O) groups is 1. The van der Waals surface area contributed by atoms with Gasteiger partial charge in [-0.1, -0.05) is 38.8 Å². The second-order valence-corrected chi connectivity index (χ2v) is 5.76. The van der Waals surface area contributed by atoms with Crippen LogP contribution in [0.1, 0.15) is 46.5 Å². The average Bonchev–Trinajstić information content (AvgIpc) is 2.42. The van der Waals surface area contributed by atoms with Crippen molar-refractivity contribution >= 4 is 27.6 Å². The van der Waals surface area contributed by atoms with Crippen LogP contribution in [-0.2, 0) is 9.53 Å². The first-order valence-corrected chi connectivity index (χ1v) is 8.08. The molecule has 0 saturated heterocycles. The Morgan fingerprint density at radius 3 is 2.30 bits per heavy atom. The van der Waals surface area contributed by atoms with Crippen molar-refractivity contribution in [3.05, 3.63) is 28.7 Å². The smallest absolute Gasteiger partial charge is 0.331 e. The molecule has 0 atom stereocenters. The molecule has 20 heavy (non-hydrogen) atoms. The second-order valence-electron chi connectivity index (χ2n) is 4.91. The molecule has 0 saturated carbocycles. The van der Waals surface area contributed by atoms with Crippen molar-refractivity contribution in [1.29, 1.82) is 0 Å². The number of halogens is 1. The molecule has 0 aliphatic heterocycles. The highest BCUT2D eigenvalue weighted by atomic mass is 79.9. The number of hydrogen-bond donors (Lipinski definition) is 1. The lowest BCUT2D eigenvalue weighted by Crippen LogP contribution is -2.47. The van der Waals surface area contributed by atoms with Crippen molar-refractivity contribution in [2.75, 3.05) is 11.9 Å². The minimum atomic E-state index is -0.636. The number of para-hydroxylation sites is 1. The summed E-state index contributed by atoms with van der Waals surface area (Å²) in [6, 6.07) is 7.86. The van der Waals surface area contributed by atoms with Gasteiger partial charge < -0.3 is 10.1 Å². The van der Waals surface area contributed by atoms with Crippen molar-refractivity contribution in [3.8, 4) is 0 Å². The molecule has 1 aromatic rings.